The van der Waals surface area contributed by atoms with E-state index in [-0.39, 0.29) is 11.5 Å². The van der Waals surface area contributed by atoms with Crippen LogP contribution in [0.1, 0.15) is 11.1 Å². The number of benzene rings is 1. The number of aryl methyl sites for hydroxylation is 1. The van der Waals surface area contributed by atoms with Gasteiger partial charge >= 0.3 is 5.51 Å². The molecule has 2 heterocycles. The van der Waals surface area contributed by atoms with Gasteiger partial charge in [0.2, 0.25) is 5.88 Å². The molecule has 2 aromatic heterocycles. The van der Waals surface area contributed by atoms with Crippen LogP contribution in [0.25, 0.3) is 5.65 Å². The molecule has 1 unspecified atom stereocenters. The van der Waals surface area contributed by atoms with Gasteiger partial charge in [0.1, 0.15) is 12.9 Å². The molecule has 3 aromatic rings. The largest absolute Gasteiger partial charge is 0.475 e. The van der Waals surface area contributed by atoms with Crippen LogP contribution in [0, 0.1) is 6.92 Å². The van der Waals surface area contributed by atoms with E-state index >= 15 is 0 Å². The van der Waals surface area contributed by atoms with Crippen LogP contribution in [0.3, 0.4) is 0 Å². The fourth-order valence-corrected chi connectivity index (χ4v) is 2.77. The standard InChI is InChI=1S/C15H12F3N3O2S/c1-10-6-13-19-9-20-21(13)14(7-10)23-8-11-2-4-12(5-3-11)24(22)15(16,17)18/h2-7,9H,8H2,1H3. The summed E-state index contributed by atoms with van der Waals surface area (Å²) in [4.78, 5) is 3.79. The highest BCUT2D eigenvalue weighted by Crippen LogP contribution is 2.26. The lowest BCUT2D eigenvalue weighted by Gasteiger charge is -2.10. The molecule has 5 nitrogen and oxygen atoms in total. The minimum atomic E-state index is -4.77. The van der Waals surface area contributed by atoms with Gasteiger partial charge in [-0.2, -0.15) is 22.8 Å². The van der Waals surface area contributed by atoms with Gasteiger partial charge in [0.25, 0.3) is 0 Å². The molecule has 0 aliphatic carbocycles. The van der Waals surface area contributed by atoms with Gasteiger partial charge in [-0.05, 0) is 36.2 Å². The highest BCUT2D eigenvalue weighted by atomic mass is 32.2. The Morgan fingerprint density at radius 2 is 1.92 bits per heavy atom. The normalized spacial score (nSPS) is 13.2. The van der Waals surface area contributed by atoms with Gasteiger partial charge in [-0.3, -0.25) is 0 Å². The predicted octanol–water partition coefficient (Wildman–Crippen LogP) is 3.24. The molecule has 0 fully saturated rings. The van der Waals surface area contributed by atoms with E-state index in [4.69, 9.17) is 4.74 Å². The summed E-state index contributed by atoms with van der Waals surface area (Å²) >= 11 is 0. The number of aromatic nitrogens is 3. The summed E-state index contributed by atoms with van der Waals surface area (Å²) < 4.78 is 55.7. The first-order valence-electron chi connectivity index (χ1n) is 6.85. The molecule has 126 valence electrons. The van der Waals surface area contributed by atoms with Gasteiger partial charge < -0.3 is 4.74 Å². The number of alkyl halides is 3. The van der Waals surface area contributed by atoms with Crippen molar-refractivity contribution in [3.8, 4) is 5.88 Å². The van der Waals surface area contributed by atoms with Gasteiger partial charge in [0, 0.05) is 11.0 Å². The molecule has 0 saturated heterocycles. The van der Waals surface area contributed by atoms with Crippen LogP contribution < -0.4 is 4.74 Å². The van der Waals surface area contributed by atoms with Crippen molar-refractivity contribution < 1.29 is 22.1 Å². The summed E-state index contributed by atoms with van der Waals surface area (Å²) in [7, 11) is -3.03. The lowest BCUT2D eigenvalue weighted by molar-refractivity contribution is -0.0384. The van der Waals surface area contributed by atoms with Crippen LogP contribution in [-0.2, 0) is 17.4 Å². The van der Waals surface area contributed by atoms with Crippen LogP contribution in [0.4, 0.5) is 13.2 Å². The van der Waals surface area contributed by atoms with E-state index in [1.54, 1.807) is 6.07 Å². The topological polar surface area (TPSA) is 56.5 Å². The first kappa shape index (κ1) is 16.4. The number of pyridine rings is 1. The third kappa shape index (κ3) is 3.40. The number of nitrogens with zero attached hydrogens (tertiary/aromatic N) is 3. The average Bonchev–Trinajstić information content (AvgIpc) is 2.99. The van der Waals surface area contributed by atoms with Crippen molar-refractivity contribution in [2.45, 2.75) is 23.9 Å². The smallest absolute Gasteiger partial charge is 0.473 e. The number of halogens is 3. The molecule has 0 bridgehead atoms. The van der Waals surface area contributed by atoms with Crippen LogP contribution in [0.2, 0.25) is 0 Å². The van der Waals surface area contributed by atoms with Gasteiger partial charge in [-0.1, -0.05) is 12.1 Å². The van der Waals surface area contributed by atoms with Crippen molar-refractivity contribution in [3.05, 3.63) is 53.9 Å². The summed E-state index contributed by atoms with van der Waals surface area (Å²) in [5.41, 5.74) is -2.53. The van der Waals surface area contributed by atoms with Crippen LogP contribution >= 0.6 is 0 Å². The molecular weight excluding hydrogens is 343 g/mol. The van der Waals surface area contributed by atoms with Crippen LogP contribution in [0.5, 0.6) is 5.88 Å². The molecule has 0 spiro atoms. The minimum absolute atomic E-state index is 0.136. The molecule has 24 heavy (non-hydrogen) atoms. The molecule has 3 rings (SSSR count). The van der Waals surface area contributed by atoms with Crippen LogP contribution in [0.15, 0.2) is 47.6 Å². The fraction of sp³-hybridized carbons (Fsp3) is 0.200. The van der Waals surface area contributed by atoms with Crippen molar-refractivity contribution >= 4 is 16.4 Å². The van der Waals surface area contributed by atoms with E-state index in [1.807, 2.05) is 13.0 Å². The molecule has 0 saturated carbocycles. The molecule has 0 N–H and O–H groups in total. The van der Waals surface area contributed by atoms with E-state index in [0.717, 1.165) is 5.56 Å². The Labute approximate surface area is 137 Å². The van der Waals surface area contributed by atoms with Crippen molar-refractivity contribution in [1.82, 2.24) is 14.6 Å². The molecule has 0 radical (unpaired) electrons. The second-order valence-corrected chi connectivity index (χ2v) is 6.52. The predicted molar refractivity (Wildman–Crippen MR) is 81.0 cm³/mol. The van der Waals surface area contributed by atoms with E-state index in [9.17, 15) is 17.4 Å². The molecule has 1 atom stereocenters. The second kappa shape index (κ2) is 6.23. The number of rotatable bonds is 4. The van der Waals surface area contributed by atoms with E-state index in [0.29, 0.717) is 17.1 Å². The highest BCUT2D eigenvalue weighted by Gasteiger charge is 2.37. The molecular formula is C15H12F3N3O2S. The summed E-state index contributed by atoms with van der Waals surface area (Å²) in [5, 5.41) is 4.05. The highest BCUT2D eigenvalue weighted by molar-refractivity contribution is 7.86. The number of hydrogen-bond donors (Lipinski definition) is 0. The third-order valence-electron chi connectivity index (χ3n) is 3.23. The Kier molecular flexibility index (Phi) is 4.27. The third-order valence-corrected chi connectivity index (χ3v) is 4.35. The summed E-state index contributed by atoms with van der Waals surface area (Å²) in [6.45, 7) is 2.03. The maximum Gasteiger partial charge on any atom is 0.475 e. The van der Waals surface area contributed by atoms with Crippen molar-refractivity contribution in [1.29, 1.82) is 0 Å². The monoisotopic (exact) mass is 355 g/mol. The molecule has 0 aliphatic heterocycles. The maximum absolute atomic E-state index is 12.4. The quantitative estimate of drug-likeness (QED) is 0.721. The van der Waals surface area contributed by atoms with E-state index in [2.05, 4.69) is 10.1 Å². The van der Waals surface area contributed by atoms with Gasteiger partial charge in [-0.25, -0.2) is 9.19 Å². The van der Waals surface area contributed by atoms with Crippen molar-refractivity contribution in [2.24, 2.45) is 0 Å². The summed E-state index contributed by atoms with van der Waals surface area (Å²) in [5.74, 6) is 0.477. The molecule has 9 heteroatoms. The Bertz CT molecular complexity index is 891. The zero-order valence-corrected chi connectivity index (χ0v) is 13.3. The summed E-state index contributed by atoms with van der Waals surface area (Å²) in [6, 6.07) is 8.91. The average molecular weight is 355 g/mol. The molecule has 1 aromatic carbocycles. The maximum atomic E-state index is 12.4. The SMILES string of the molecule is Cc1cc(OCc2ccc(S(=O)C(F)(F)F)cc2)n2ncnc2c1. The van der Waals surface area contributed by atoms with Gasteiger partial charge in [-0.15, -0.1) is 0 Å². The first-order chi connectivity index (χ1) is 11.3. The van der Waals surface area contributed by atoms with Crippen molar-refractivity contribution in [2.75, 3.05) is 0 Å². The first-order valence-corrected chi connectivity index (χ1v) is 8.00. The lowest BCUT2D eigenvalue weighted by atomic mass is 10.2. The molecule has 0 amide bonds. The second-order valence-electron chi connectivity index (χ2n) is 5.05. The molecule has 0 aliphatic rings. The van der Waals surface area contributed by atoms with E-state index < -0.39 is 16.3 Å². The Morgan fingerprint density at radius 3 is 2.58 bits per heavy atom. The van der Waals surface area contributed by atoms with Crippen molar-refractivity contribution in [3.63, 3.8) is 0 Å². The lowest BCUT2D eigenvalue weighted by Crippen LogP contribution is -2.16. The van der Waals surface area contributed by atoms with Gasteiger partial charge in [0.15, 0.2) is 16.4 Å². The zero-order chi connectivity index (χ0) is 17.3. The number of ether oxygens (including phenoxy) is 1. The Balaban J connectivity index is 1.75. The van der Waals surface area contributed by atoms with E-state index in [1.165, 1.54) is 35.1 Å². The fourth-order valence-electron chi connectivity index (χ4n) is 2.12. The zero-order valence-electron chi connectivity index (χ0n) is 12.4. The number of hydrogen-bond acceptors (Lipinski definition) is 4. The Hall–Kier alpha value is -2.42. The Morgan fingerprint density at radius 1 is 1.21 bits per heavy atom. The van der Waals surface area contributed by atoms with Crippen LogP contribution in [-0.4, -0.2) is 24.3 Å². The minimum Gasteiger partial charge on any atom is -0.473 e. The summed E-state index contributed by atoms with van der Waals surface area (Å²) in [6.07, 6.45) is 1.41. The number of fused-ring (bicyclic) bond motifs is 1. The van der Waals surface area contributed by atoms with Gasteiger partial charge in [0.05, 0.1) is 0 Å².